The monoisotopic (exact) mass is 449 g/mol. The molecule has 1 aromatic heterocycles. The van der Waals surface area contributed by atoms with Crippen molar-refractivity contribution >= 4 is 29.1 Å². The summed E-state index contributed by atoms with van der Waals surface area (Å²) in [5.74, 6) is 5.80. The van der Waals surface area contributed by atoms with Crippen LogP contribution in [0.1, 0.15) is 59.1 Å². The summed E-state index contributed by atoms with van der Waals surface area (Å²) in [6.45, 7) is 7.29. The van der Waals surface area contributed by atoms with Crippen LogP contribution < -0.4 is 16.3 Å². The van der Waals surface area contributed by atoms with Gasteiger partial charge < -0.3 is 25.1 Å². The van der Waals surface area contributed by atoms with E-state index in [2.05, 4.69) is 22.3 Å². The smallest absolute Gasteiger partial charge is 0.358 e. The number of anilines is 1. The van der Waals surface area contributed by atoms with Crippen molar-refractivity contribution in [3.63, 3.8) is 0 Å². The van der Waals surface area contributed by atoms with Crippen LogP contribution in [-0.4, -0.2) is 51.2 Å². The van der Waals surface area contributed by atoms with Gasteiger partial charge in [0, 0.05) is 12.2 Å². The molecule has 29 heavy (non-hydrogen) atoms. The van der Waals surface area contributed by atoms with E-state index in [9.17, 15) is 10.2 Å². The van der Waals surface area contributed by atoms with Gasteiger partial charge in [-0.05, 0) is 68.4 Å². The van der Waals surface area contributed by atoms with Crippen molar-refractivity contribution in [1.29, 1.82) is 0 Å². The van der Waals surface area contributed by atoms with Crippen LogP contribution in [0.2, 0.25) is 5.15 Å². The van der Waals surface area contributed by atoms with E-state index in [1.165, 1.54) is 0 Å². The topological polar surface area (TPSA) is 124 Å². The second-order valence-corrected chi connectivity index (χ2v) is 9.25. The average Bonchev–Trinajstić information content (AvgIpc) is 2.97. The Morgan fingerprint density at radius 1 is 1.34 bits per heavy atom. The van der Waals surface area contributed by atoms with E-state index in [1.54, 1.807) is 18.7 Å². The molecule has 8 nitrogen and oxygen atoms in total. The minimum absolute atomic E-state index is 0.280. The van der Waals surface area contributed by atoms with Gasteiger partial charge in [0.1, 0.15) is 12.2 Å². The molecule has 1 saturated heterocycles. The van der Waals surface area contributed by atoms with Crippen LogP contribution >= 0.6 is 23.4 Å². The third-order valence-corrected chi connectivity index (χ3v) is 6.12. The van der Waals surface area contributed by atoms with E-state index in [0.29, 0.717) is 23.7 Å². The zero-order valence-corrected chi connectivity index (χ0v) is 19.1. The fraction of sp³-hybridized carbons (Fsp3) is 0.789. The first-order valence-corrected chi connectivity index (χ1v) is 11.5. The Morgan fingerprint density at radius 3 is 2.69 bits per heavy atom. The summed E-state index contributed by atoms with van der Waals surface area (Å²) in [5.41, 5.74) is 4.06. The number of ether oxygens (including phenoxy) is 2. The molecule has 0 radical (unpaired) electrons. The second-order valence-electron chi connectivity index (χ2n) is 7.79. The Kier molecular flexibility index (Phi) is 9.40. The van der Waals surface area contributed by atoms with Crippen molar-refractivity contribution in [2.24, 2.45) is 5.84 Å². The lowest BCUT2D eigenvalue weighted by Gasteiger charge is -2.24. The van der Waals surface area contributed by atoms with Gasteiger partial charge >= 0.3 is 5.16 Å². The number of nitrogens with one attached hydrogen (secondary N) is 2. The molecule has 0 spiro atoms. The predicted octanol–water partition coefficient (Wildman–Crippen LogP) is 2.31. The van der Waals surface area contributed by atoms with Crippen molar-refractivity contribution in [1.82, 2.24) is 4.98 Å². The molecule has 0 aromatic carbocycles. The molecule has 1 aromatic rings. The van der Waals surface area contributed by atoms with Crippen LogP contribution in [0.25, 0.3) is 0 Å². The number of hydrogen-bond acceptors (Lipinski definition) is 8. The van der Waals surface area contributed by atoms with Gasteiger partial charge in [-0.15, -0.1) is 0 Å². The minimum atomic E-state index is -0.988. The maximum absolute atomic E-state index is 10.3. The Labute approximate surface area is 181 Å². The van der Waals surface area contributed by atoms with Gasteiger partial charge in [-0.2, -0.15) is 0 Å². The van der Waals surface area contributed by atoms with Crippen molar-refractivity contribution in [2.45, 2.75) is 95.2 Å². The van der Waals surface area contributed by atoms with Gasteiger partial charge in [-0.1, -0.05) is 13.3 Å². The highest BCUT2D eigenvalue weighted by Gasteiger charge is 2.45. The van der Waals surface area contributed by atoms with E-state index in [-0.39, 0.29) is 6.10 Å². The quantitative estimate of drug-likeness (QED) is 0.101. The molecular weight excluding hydrogens is 416 g/mol. The molecule has 0 saturated carbocycles. The highest BCUT2D eigenvalue weighted by Crippen LogP contribution is 2.33. The maximum atomic E-state index is 10.3. The fourth-order valence-electron chi connectivity index (χ4n) is 3.37. The zero-order chi connectivity index (χ0) is 21.6. The van der Waals surface area contributed by atoms with Crippen molar-refractivity contribution in [3.05, 3.63) is 10.8 Å². The predicted molar refractivity (Wildman–Crippen MR) is 114 cm³/mol. The largest absolute Gasteiger partial charge is 0.391 e. The van der Waals surface area contributed by atoms with E-state index >= 15 is 0 Å². The van der Waals surface area contributed by atoms with Crippen molar-refractivity contribution < 1.29 is 24.7 Å². The molecule has 1 aliphatic heterocycles. The first kappa shape index (κ1) is 24.6. The first-order valence-electron chi connectivity index (χ1n) is 10.1. The third kappa shape index (κ3) is 6.92. The lowest BCUT2D eigenvalue weighted by atomic mass is 9.99. The molecule has 0 bridgehead atoms. The summed E-state index contributed by atoms with van der Waals surface area (Å²) in [4.78, 5) is 7.71. The number of rotatable bonds is 11. The summed E-state index contributed by atoms with van der Waals surface area (Å²) >= 11 is 7.93. The molecule has 1 fully saturated rings. The molecule has 6 N–H and O–H groups in total. The number of thioether (sulfide) groups is 1. The van der Waals surface area contributed by atoms with Crippen LogP contribution in [0.3, 0.4) is 0 Å². The lowest BCUT2D eigenvalue weighted by Crippen LogP contribution is -2.42. The molecule has 0 unspecified atom stereocenters. The van der Waals surface area contributed by atoms with Gasteiger partial charge in [0.25, 0.3) is 0 Å². The summed E-state index contributed by atoms with van der Waals surface area (Å²) < 4.78 is 11.8. The van der Waals surface area contributed by atoms with Crippen molar-refractivity contribution in [2.75, 3.05) is 11.2 Å². The number of nitrogens with two attached hydrogens (primary N) is 1. The van der Waals surface area contributed by atoms with Crippen LogP contribution in [0.5, 0.6) is 0 Å². The number of halogens is 1. The summed E-state index contributed by atoms with van der Waals surface area (Å²) in [5, 5.41) is 21.2. The first-order chi connectivity index (χ1) is 13.7. The number of aromatic nitrogens is 2. The van der Waals surface area contributed by atoms with E-state index in [0.717, 1.165) is 35.9 Å². The number of aryl methyl sites for hydroxylation is 1. The highest BCUT2D eigenvalue weighted by molar-refractivity contribution is 7.99. The van der Waals surface area contributed by atoms with Gasteiger partial charge in [-0.3, -0.25) is 5.84 Å². The number of hydrogen-bond donors (Lipinski definition) is 4. The minimum Gasteiger partial charge on any atom is -0.391 e. The number of aliphatic hydroxyl groups is 2. The summed E-state index contributed by atoms with van der Waals surface area (Å²) in [6.07, 6.45) is 1.43. The molecule has 0 amide bonds. The molecule has 4 atom stereocenters. The third-order valence-electron chi connectivity index (χ3n) is 4.75. The molecule has 166 valence electrons. The lowest BCUT2D eigenvalue weighted by molar-refractivity contribution is -0.430. The number of unbranched alkanes of at least 4 members (excludes halogenated alkanes) is 1. The molecule has 1 aliphatic rings. The molecule has 0 aliphatic carbocycles. The Bertz CT molecular complexity index is 665. The van der Waals surface area contributed by atoms with Crippen LogP contribution in [0.15, 0.2) is 5.16 Å². The summed E-state index contributed by atoms with van der Waals surface area (Å²) in [7, 11) is 0. The highest BCUT2D eigenvalue weighted by atomic mass is 35.5. The number of nitrogens with zero attached hydrogens (tertiary/aromatic N) is 1. The Balaban J connectivity index is 1.96. The van der Waals surface area contributed by atoms with Crippen LogP contribution in [-0.2, 0) is 15.9 Å². The molecular formula is C19H34ClN4O4S+. The van der Waals surface area contributed by atoms with Crippen LogP contribution in [0.4, 0.5) is 5.69 Å². The van der Waals surface area contributed by atoms with Gasteiger partial charge in [0.15, 0.2) is 17.2 Å². The van der Waals surface area contributed by atoms with E-state index in [4.69, 9.17) is 26.9 Å². The summed E-state index contributed by atoms with van der Waals surface area (Å²) in [6, 6.07) is 0. The number of H-pyrrole nitrogens is 1. The number of nitrogen functional groups attached to an aromatic ring is 1. The zero-order valence-electron chi connectivity index (χ0n) is 17.6. The van der Waals surface area contributed by atoms with Gasteiger partial charge in [-0.25, -0.2) is 4.98 Å². The van der Waals surface area contributed by atoms with E-state index < -0.39 is 24.1 Å². The van der Waals surface area contributed by atoms with Gasteiger partial charge in [0.05, 0.1) is 12.2 Å². The average molecular weight is 450 g/mol. The second kappa shape index (κ2) is 11.1. The van der Waals surface area contributed by atoms with Crippen molar-refractivity contribution in [3.8, 4) is 0 Å². The number of aromatic amines is 1. The van der Waals surface area contributed by atoms with E-state index in [1.807, 2.05) is 13.8 Å². The van der Waals surface area contributed by atoms with Crippen LogP contribution in [0, 0.1) is 0 Å². The number of hydrazine groups is 1. The fourth-order valence-corrected chi connectivity index (χ4v) is 4.43. The Morgan fingerprint density at radius 2 is 2.07 bits per heavy atom. The normalized spacial score (nSPS) is 23.2. The molecule has 2 heterocycles. The Hall–Kier alpha value is -0.680. The SMILES string of the molecule is CCCSc1nc(CCCC[C@@H]2OC(C)(C)O[C@@H]2[C@@H](O)[C@@H](C)O)c(NN)c(Cl)[nH+]1. The number of aliphatic hydroxyl groups excluding tert-OH is 2. The maximum Gasteiger partial charge on any atom is 0.358 e. The molecule has 2 rings (SSSR count). The standard InChI is InChI=1S/C19H33ClN4O4S/c1-5-10-29-18-22-12(14(24-21)17(20)23-18)8-6-7-9-13-16(15(26)11(2)25)28-19(3,4)27-13/h11,13,15-16,24-26H,5-10,21H2,1-4H3/p+1/t11-,13+,15+,16+/m1/s1. The molecule has 10 heteroatoms. The van der Waals surface area contributed by atoms with Gasteiger partial charge in [0.2, 0.25) is 5.15 Å².